The number of hydrogen-bond donors (Lipinski definition) is 1. The number of nitrogens with zero attached hydrogens (tertiary/aromatic N) is 1. The van der Waals surface area contributed by atoms with E-state index in [1.165, 1.54) is 18.3 Å². The summed E-state index contributed by atoms with van der Waals surface area (Å²) in [5, 5.41) is 4.03. The van der Waals surface area contributed by atoms with Gasteiger partial charge in [0.05, 0.1) is 35.7 Å². The lowest BCUT2D eigenvalue weighted by atomic mass is 10.2. The van der Waals surface area contributed by atoms with Crippen molar-refractivity contribution in [1.29, 1.82) is 0 Å². The van der Waals surface area contributed by atoms with Crippen molar-refractivity contribution in [1.82, 2.24) is 0 Å². The Morgan fingerprint density at radius 3 is 2.44 bits per heavy atom. The molecule has 2 rings (SSSR count). The van der Waals surface area contributed by atoms with Crippen LogP contribution < -0.4 is 14.9 Å². The first-order valence-electron chi connectivity index (χ1n) is 7.31. The summed E-state index contributed by atoms with van der Waals surface area (Å²) in [4.78, 5) is 0. The van der Waals surface area contributed by atoms with E-state index in [1.54, 1.807) is 19.2 Å². The van der Waals surface area contributed by atoms with Crippen LogP contribution in [0.3, 0.4) is 0 Å². The zero-order valence-corrected chi connectivity index (χ0v) is 15.1. The van der Waals surface area contributed by atoms with Crippen molar-refractivity contribution in [3.05, 3.63) is 52.0 Å². The van der Waals surface area contributed by atoms with E-state index < -0.39 is 11.7 Å². The molecule has 0 fully saturated rings. The molecule has 0 aliphatic heterocycles. The Hall–Kier alpha value is -2.22. The number of anilines is 1. The molecule has 134 valence electrons. The van der Waals surface area contributed by atoms with Crippen molar-refractivity contribution in [3.63, 3.8) is 0 Å². The van der Waals surface area contributed by atoms with Gasteiger partial charge in [0.2, 0.25) is 0 Å². The minimum absolute atomic E-state index is 0.446. The molecule has 2 aromatic carbocycles. The fraction of sp³-hybridized carbons (Fsp3) is 0.235. The van der Waals surface area contributed by atoms with E-state index in [0.29, 0.717) is 28.3 Å². The van der Waals surface area contributed by atoms with Crippen LogP contribution in [0.25, 0.3) is 0 Å². The monoisotopic (exact) mass is 416 g/mol. The number of ether oxygens (including phenoxy) is 2. The second-order valence-corrected chi connectivity index (χ2v) is 5.77. The van der Waals surface area contributed by atoms with Gasteiger partial charge in [0.15, 0.2) is 11.5 Å². The standard InChI is InChI=1S/C17H16BrF3N2O2/c1-3-25-15-9-11(8-14(18)16(15)24-2)10-22-23-13-6-4-12(5-7-13)17(19,20)21/h4-10,23H,3H2,1-2H3. The van der Waals surface area contributed by atoms with Crippen molar-refractivity contribution < 1.29 is 22.6 Å². The highest BCUT2D eigenvalue weighted by atomic mass is 79.9. The minimum Gasteiger partial charge on any atom is -0.492 e. The first-order chi connectivity index (χ1) is 11.8. The van der Waals surface area contributed by atoms with E-state index in [0.717, 1.165) is 17.7 Å². The van der Waals surface area contributed by atoms with Gasteiger partial charge < -0.3 is 9.47 Å². The van der Waals surface area contributed by atoms with Gasteiger partial charge in [-0.25, -0.2) is 0 Å². The second kappa shape index (κ2) is 8.24. The van der Waals surface area contributed by atoms with Gasteiger partial charge in [0, 0.05) is 0 Å². The van der Waals surface area contributed by atoms with Crippen molar-refractivity contribution in [3.8, 4) is 11.5 Å². The van der Waals surface area contributed by atoms with E-state index in [-0.39, 0.29) is 0 Å². The molecule has 0 aliphatic carbocycles. The van der Waals surface area contributed by atoms with Crippen LogP contribution in [0, 0.1) is 0 Å². The maximum Gasteiger partial charge on any atom is 0.416 e. The Labute approximate surface area is 151 Å². The fourth-order valence-corrected chi connectivity index (χ4v) is 2.66. The zero-order chi connectivity index (χ0) is 18.4. The van der Waals surface area contributed by atoms with Gasteiger partial charge in [0.25, 0.3) is 0 Å². The van der Waals surface area contributed by atoms with E-state index in [2.05, 4.69) is 26.5 Å². The summed E-state index contributed by atoms with van der Waals surface area (Å²) in [5.74, 6) is 1.14. The van der Waals surface area contributed by atoms with Gasteiger partial charge in [-0.05, 0) is 64.8 Å². The lowest BCUT2D eigenvalue weighted by Crippen LogP contribution is -2.04. The van der Waals surface area contributed by atoms with Crippen LogP contribution in [0.15, 0.2) is 46.0 Å². The molecule has 25 heavy (non-hydrogen) atoms. The minimum atomic E-state index is -4.35. The van der Waals surface area contributed by atoms with Gasteiger partial charge in [0.1, 0.15) is 0 Å². The molecule has 1 N–H and O–H groups in total. The molecule has 0 heterocycles. The van der Waals surface area contributed by atoms with Crippen molar-refractivity contribution >= 4 is 27.8 Å². The molecule has 0 unspecified atom stereocenters. The number of hydrazone groups is 1. The summed E-state index contributed by atoms with van der Waals surface area (Å²) < 4.78 is 49.0. The molecule has 0 radical (unpaired) electrons. The van der Waals surface area contributed by atoms with Crippen LogP contribution in [0.5, 0.6) is 11.5 Å². The highest BCUT2D eigenvalue weighted by molar-refractivity contribution is 9.10. The Kier molecular flexibility index (Phi) is 6.30. The number of rotatable bonds is 6. The normalized spacial score (nSPS) is 11.6. The number of methoxy groups -OCH3 is 1. The van der Waals surface area contributed by atoms with Crippen LogP contribution in [0.4, 0.5) is 18.9 Å². The molecule has 0 spiro atoms. The predicted octanol–water partition coefficient (Wildman–Crippen LogP) is 5.32. The zero-order valence-electron chi connectivity index (χ0n) is 13.5. The molecule has 0 atom stereocenters. The van der Waals surface area contributed by atoms with Gasteiger partial charge in [-0.3, -0.25) is 5.43 Å². The summed E-state index contributed by atoms with van der Waals surface area (Å²) in [7, 11) is 1.54. The van der Waals surface area contributed by atoms with E-state index in [9.17, 15) is 13.2 Å². The number of halogens is 4. The van der Waals surface area contributed by atoms with Crippen LogP contribution in [-0.2, 0) is 6.18 Å². The van der Waals surface area contributed by atoms with Crippen LogP contribution in [-0.4, -0.2) is 19.9 Å². The molecule has 4 nitrogen and oxygen atoms in total. The fourth-order valence-electron chi connectivity index (χ4n) is 2.04. The lowest BCUT2D eigenvalue weighted by Gasteiger charge is -2.11. The third-order valence-corrected chi connectivity index (χ3v) is 3.74. The topological polar surface area (TPSA) is 42.8 Å². The average molecular weight is 417 g/mol. The van der Waals surface area contributed by atoms with Gasteiger partial charge >= 0.3 is 6.18 Å². The van der Waals surface area contributed by atoms with Crippen LogP contribution >= 0.6 is 15.9 Å². The smallest absolute Gasteiger partial charge is 0.416 e. The van der Waals surface area contributed by atoms with Crippen molar-refractivity contribution in [2.45, 2.75) is 13.1 Å². The van der Waals surface area contributed by atoms with Crippen molar-refractivity contribution in [2.75, 3.05) is 19.1 Å². The maximum absolute atomic E-state index is 12.5. The summed E-state index contributed by atoms with van der Waals surface area (Å²) in [6, 6.07) is 8.17. The number of hydrogen-bond acceptors (Lipinski definition) is 4. The Bertz CT molecular complexity index is 747. The molecule has 0 aliphatic rings. The first-order valence-corrected chi connectivity index (χ1v) is 8.11. The SMILES string of the molecule is CCOc1cc(C=NNc2ccc(C(F)(F)F)cc2)cc(Br)c1OC. The Morgan fingerprint density at radius 2 is 1.88 bits per heavy atom. The summed E-state index contributed by atoms with van der Waals surface area (Å²) in [6.45, 7) is 2.34. The summed E-state index contributed by atoms with van der Waals surface area (Å²) in [5.41, 5.74) is 3.16. The molecule has 0 aromatic heterocycles. The summed E-state index contributed by atoms with van der Waals surface area (Å²) in [6.07, 6.45) is -2.82. The lowest BCUT2D eigenvalue weighted by molar-refractivity contribution is -0.137. The molecular formula is C17H16BrF3N2O2. The molecule has 0 amide bonds. The van der Waals surface area contributed by atoms with Gasteiger partial charge in [-0.15, -0.1) is 0 Å². The molecule has 0 saturated carbocycles. The van der Waals surface area contributed by atoms with Gasteiger partial charge in [-0.1, -0.05) is 0 Å². The van der Waals surface area contributed by atoms with E-state index >= 15 is 0 Å². The Balaban J connectivity index is 2.11. The molecule has 0 saturated heterocycles. The van der Waals surface area contributed by atoms with Crippen LogP contribution in [0.2, 0.25) is 0 Å². The number of benzene rings is 2. The summed E-state index contributed by atoms with van der Waals surface area (Å²) >= 11 is 3.40. The van der Waals surface area contributed by atoms with Gasteiger partial charge in [-0.2, -0.15) is 18.3 Å². The van der Waals surface area contributed by atoms with E-state index in [1.807, 2.05) is 6.92 Å². The number of nitrogens with one attached hydrogen (secondary N) is 1. The largest absolute Gasteiger partial charge is 0.492 e. The maximum atomic E-state index is 12.5. The molecule has 8 heteroatoms. The van der Waals surface area contributed by atoms with Crippen LogP contribution in [0.1, 0.15) is 18.1 Å². The second-order valence-electron chi connectivity index (χ2n) is 4.91. The molecular weight excluding hydrogens is 401 g/mol. The molecule has 0 bridgehead atoms. The highest BCUT2D eigenvalue weighted by Gasteiger charge is 2.29. The Morgan fingerprint density at radius 1 is 1.20 bits per heavy atom. The highest BCUT2D eigenvalue weighted by Crippen LogP contribution is 2.36. The number of alkyl halides is 3. The predicted molar refractivity (Wildman–Crippen MR) is 94.5 cm³/mol. The average Bonchev–Trinajstić information content (AvgIpc) is 2.55. The molecule has 2 aromatic rings. The third kappa shape index (κ3) is 5.12. The van der Waals surface area contributed by atoms with E-state index in [4.69, 9.17) is 9.47 Å². The quantitative estimate of drug-likeness (QED) is 0.511. The van der Waals surface area contributed by atoms with Crippen molar-refractivity contribution in [2.24, 2.45) is 5.10 Å². The third-order valence-electron chi connectivity index (χ3n) is 3.16. The first kappa shape index (κ1) is 19.1.